The van der Waals surface area contributed by atoms with Crippen molar-refractivity contribution >= 4 is 12.1 Å². The molecule has 1 aliphatic rings. The second-order valence-corrected chi connectivity index (χ2v) is 6.61. The van der Waals surface area contributed by atoms with Crippen LogP contribution in [0.4, 0.5) is 4.79 Å². The average molecular weight is 368 g/mol. The lowest BCUT2D eigenvalue weighted by Gasteiger charge is -2.37. The van der Waals surface area contributed by atoms with Crippen molar-refractivity contribution in [1.82, 2.24) is 9.80 Å². The van der Waals surface area contributed by atoms with Crippen molar-refractivity contribution in [2.75, 3.05) is 26.2 Å². The van der Waals surface area contributed by atoms with Gasteiger partial charge in [0, 0.05) is 26.2 Å². The van der Waals surface area contributed by atoms with Crippen molar-refractivity contribution in [1.29, 1.82) is 0 Å². The maximum Gasteiger partial charge on any atom is 0.410 e. The molecule has 1 N–H and O–H groups in total. The molecule has 0 aliphatic carbocycles. The highest BCUT2D eigenvalue weighted by Crippen LogP contribution is 2.14. The number of ether oxygens (including phenoxy) is 1. The second-order valence-electron chi connectivity index (χ2n) is 6.61. The molecule has 0 bridgehead atoms. The Bertz CT molecular complexity index is 743. The van der Waals surface area contributed by atoms with Gasteiger partial charge in [-0.15, -0.1) is 0 Å². The standard InChI is InChI=1S/C21H24N2O4/c24-20(25)19(15-17-7-3-1-4-8-17)22-11-13-23(14-12-22)21(26)27-16-18-9-5-2-6-10-18/h1-10,19H,11-16H2,(H,24,25). The van der Waals surface area contributed by atoms with Crippen LogP contribution in [0.25, 0.3) is 0 Å². The number of piperazine rings is 1. The maximum absolute atomic E-state index is 12.2. The van der Waals surface area contributed by atoms with Gasteiger partial charge in [0.05, 0.1) is 0 Å². The van der Waals surface area contributed by atoms with Crippen LogP contribution in [-0.4, -0.2) is 59.2 Å². The number of carboxylic acid groups (broad SMARTS) is 1. The van der Waals surface area contributed by atoms with Gasteiger partial charge in [0.2, 0.25) is 0 Å². The van der Waals surface area contributed by atoms with Gasteiger partial charge >= 0.3 is 12.1 Å². The minimum atomic E-state index is -0.834. The fraction of sp³-hybridized carbons (Fsp3) is 0.333. The molecule has 1 saturated heterocycles. The van der Waals surface area contributed by atoms with E-state index in [-0.39, 0.29) is 12.7 Å². The quantitative estimate of drug-likeness (QED) is 0.849. The first-order chi connectivity index (χ1) is 13.1. The molecule has 1 atom stereocenters. The third kappa shape index (κ3) is 5.31. The minimum Gasteiger partial charge on any atom is -0.480 e. The van der Waals surface area contributed by atoms with E-state index >= 15 is 0 Å². The molecule has 1 fully saturated rings. The number of aliphatic carboxylic acids is 1. The van der Waals surface area contributed by atoms with E-state index in [2.05, 4.69) is 0 Å². The molecule has 6 nitrogen and oxygen atoms in total. The number of benzene rings is 2. The molecule has 0 saturated carbocycles. The number of carbonyl (C=O) groups excluding carboxylic acids is 1. The van der Waals surface area contributed by atoms with Crippen molar-refractivity contribution in [3.8, 4) is 0 Å². The Hall–Kier alpha value is -2.86. The monoisotopic (exact) mass is 368 g/mol. The number of carboxylic acids is 1. The molecule has 1 unspecified atom stereocenters. The Balaban J connectivity index is 1.50. The van der Waals surface area contributed by atoms with E-state index in [4.69, 9.17) is 4.74 Å². The van der Waals surface area contributed by atoms with E-state index in [1.165, 1.54) is 0 Å². The highest BCUT2D eigenvalue weighted by molar-refractivity contribution is 5.74. The smallest absolute Gasteiger partial charge is 0.410 e. The number of hydrogen-bond donors (Lipinski definition) is 1. The van der Waals surface area contributed by atoms with E-state index in [1.807, 2.05) is 65.6 Å². The van der Waals surface area contributed by atoms with Gasteiger partial charge in [0.1, 0.15) is 12.6 Å². The molecule has 6 heteroatoms. The Kier molecular flexibility index (Phi) is 6.44. The summed E-state index contributed by atoms with van der Waals surface area (Å²) in [7, 11) is 0. The van der Waals surface area contributed by atoms with Gasteiger partial charge in [0.15, 0.2) is 0 Å². The Morgan fingerprint density at radius 1 is 0.889 bits per heavy atom. The number of nitrogens with zero attached hydrogens (tertiary/aromatic N) is 2. The van der Waals surface area contributed by atoms with Crippen LogP contribution in [0.15, 0.2) is 60.7 Å². The lowest BCUT2D eigenvalue weighted by atomic mass is 10.0. The lowest BCUT2D eigenvalue weighted by molar-refractivity contribution is -0.143. The zero-order chi connectivity index (χ0) is 19.1. The highest BCUT2D eigenvalue weighted by atomic mass is 16.6. The van der Waals surface area contributed by atoms with Crippen LogP contribution >= 0.6 is 0 Å². The summed E-state index contributed by atoms with van der Waals surface area (Å²) in [5, 5.41) is 9.63. The van der Waals surface area contributed by atoms with E-state index in [1.54, 1.807) is 4.90 Å². The van der Waals surface area contributed by atoms with Crippen LogP contribution in [0.2, 0.25) is 0 Å². The van der Waals surface area contributed by atoms with Crippen molar-refractivity contribution in [3.05, 3.63) is 71.8 Å². The Morgan fingerprint density at radius 3 is 2.00 bits per heavy atom. The Labute approximate surface area is 159 Å². The predicted octanol–water partition coefficient (Wildman–Crippen LogP) is 2.64. The highest BCUT2D eigenvalue weighted by Gasteiger charge is 2.30. The summed E-state index contributed by atoms with van der Waals surface area (Å²) in [6.45, 7) is 2.21. The summed E-state index contributed by atoms with van der Waals surface area (Å²) in [5.41, 5.74) is 1.94. The van der Waals surface area contributed by atoms with Gasteiger partial charge < -0.3 is 14.7 Å². The minimum absolute atomic E-state index is 0.242. The molecule has 0 aromatic heterocycles. The van der Waals surface area contributed by atoms with Gasteiger partial charge in [-0.25, -0.2) is 4.79 Å². The maximum atomic E-state index is 12.2. The molecule has 3 rings (SSSR count). The topological polar surface area (TPSA) is 70.1 Å². The first-order valence-corrected chi connectivity index (χ1v) is 9.10. The molecular weight excluding hydrogens is 344 g/mol. The Morgan fingerprint density at radius 2 is 1.44 bits per heavy atom. The van der Waals surface area contributed by atoms with Crippen LogP contribution < -0.4 is 0 Å². The molecular formula is C21H24N2O4. The third-order valence-corrected chi connectivity index (χ3v) is 4.78. The van der Waals surface area contributed by atoms with E-state index < -0.39 is 12.0 Å². The second kappa shape index (κ2) is 9.19. The molecule has 1 aliphatic heterocycles. The largest absolute Gasteiger partial charge is 0.480 e. The summed E-state index contributed by atoms with van der Waals surface area (Å²) >= 11 is 0. The van der Waals surface area contributed by atoms with Crippen LogP contribution in [0.3, 0.4) is 0 Å². The zero-order valence-corrected chi connectivity index (χ0v) is 15.2. The molecule has 1 amide bonds. The number of amides is 1. The molecule has 2 aromatic carbocycles. The molecule has 142 valence electrons. The first-order valence-electron chi connectivity index (χ1n) is 9.10. The molecule has 2 aromatic rings. The van der Waals surface area contributed by atoms with Gasteiger partial charge in [-0.3, -0.25) is 9.69 Å². The SMILES string of the molecule is O=C(O)C(Cc1ccccc1)N1CCN(C(=O)OCc2ccccc2)CC1. The summed E-state index contributed by atoms with van der Waals surface area (Å²) < 4.78 is 5.36. The van der Waals surface area contributed by atoms with Crippen LogP contribution in [0.1, 0.15) is 11.1 Å². The van der Waals surface area contributed by atoms with Crippen LogP contribution in [0.5, 0.6) is 0 Å². The number of hydrogen-bond acceptors (Lipinski definition) is 4. The van der Waals surface area contributed by atoms with Gasteiger partial charge in [0.25, 0.3) is 0 Å². The molecule has 27 heavy (non-hydrogen) atoms. The summed E-state index contributed by atoms with van der Waals surface area (Å²) in [5.74, 6) is -0.834. The van der Waals surface area contributed by atoms with Crippen LogP contribution in [0, 0.1) is 0 Å². The molecule has 0 spiro atoms. The first kappa shape index (κ1) is 18.9. The van der Waals surface area contributed by atoms with Crippen molar-refractivity contribution in [2.45, 2.75) is 19.1 Å². The summed E-state index contributed by atoms with van der Waals surface area (Å²) in [6, 6.07) is 18.6. The lowest BCUT2D eigenvalue weighted by Crippen LogP contribution is -2.54. The molecule has 0 radical (unpaired) electrons. The summed E-state index contributed by atoms with van der Waals surface area (Å²) in [4.78, 5) is 27.5. The van der Waals surface area contributed by atoms with E-state index in [9.17, 15) is 14.7 Å². The van der Waals surface area contributed by atoms with Gasteiger partial charge in [-0.05, 0) is 17.5 Å². The predicted molar refractivity (Wildman–Crippen MR) is 101 cm³/mol. The van der Waals surface area contributed by atoms with Crippen molar-refractivity contribution < 1.29 is 19.4 Å². The van der Waals surface area contributed by atoms with Crippen molar-refractivity contribution in [2.24, 2.45) is 0 Å². The van der Waals surface area contributed by atoms with Gasteiger partial charge in [-0.1, -0.05) is 60.7 Å². The van der Waals surface area contributed by atoms with Crippen molar-refractivity contribution in [3.63, 3.8) is 0 Å². The normalized spacial score (nSPS) is 15.9. The number of rotatable bonds is 6. The van der Waals surface area contributed by atoms with E-state index in [0.29, 0.717) is 32.6 Å². The zero-order valence-electron chi connectivity index (χ0n) is 15.2. The average Bonchev–Trinajstić information content (AvgIpc) is 2.72. The van der Waals surface area contributed by atoms with Gasteiger partial charge in [-0.2, -0.15) is 0 Å². The molecule has 1 heterocycles. The fourth-order valence-corrected chi connectivity index (χ4v) is 3.24. The fourth-order valence-electron chi connectivity index (χ4n) is 3.24. The van der Waals surface area contributed by atoms with Crippen LogP contribution in [-0.2, 0) is 22.6 Å². The number of carbonyl (C=O) groups is 2. The third-order valence-electron chi connectivity index (χ3n) is 4.78. The summed E-state index contributed by atoms with van der Waals surface area (Å²) in [6.07, 6.45) is 0.0997. The van der Waals surface area contributed by atoms with E-state index in [0.717, 1.165) is 11.1 Å².